The zero-order chi connectivity index (χ0) is 14.8. The van der Waals surface area contributed by atoms with Gasteiger partial charge in [0.25, 0.3) is 10.0 Å². The number of amides is 2. The van der Waals surface area contributed by atoms with Crippen LogP contribution in [0.15, 0.2) is 35.4 Å². The number of urea groups is 1. The highest BCUT2D eigenvalue weighted by atomic mass is 32.2. The minimum atomic E-state index is -4.01. The molecule has 0 aliphatic heterocycles. The largest absolute Gasteiger partial charge is 0.398 e. The average molecular weight is 294 g/mol. The second-order valence-corrected chi connectivity index (χ2v) is 5.67. The van der Waals surface area contributed by atoms with Crippen LogP contribution in [0.5, 0.6) is 0 Å². The summed E-state index contributed by atoms with van der Waals surface area (Å²) in [6.07, 6.45) is 1.47. The van der Waals surface area contributed by atoms with Crippen LogP contribution in [-0.2, 0) is 10.0 Å². The number of fused-ring (bicyclic) bond motifs is 1. The highest BCUT2D eigenvalue weighted by Crippen LogP contribution is 2.25. The van der Waals surface area contributed by atoms with E-state index in [0.717, 1.165) is 0 Å². The van der Waals surface area contributed by atoms with Crippen molar-refractivity contribution in [3.05, 3.63) is 30.5 Å². The molecule has 0 saturated heterocycles. The van der Waals surface area contributed by atoms with Crippen molar-refractivity contribution in [2.75, 3.05) is 12.3 Å². The Balaban J connectivity index is 2.53. The number of nitrogens with one attached hydrogen (secondary N) is 2. The molecule has 0 bridgehead atoms. The number of benzene rings is 1. The lowest BCUT2D eigenvalue weighted by Crippen LogP contribution is -2.39. The van der Waals surface area contributed by atoms with Crippen LogP contribution in [0.1, 0.15) is 6.92 Å². The van der Waals surface area contributed by atoms with E-state index in [1.807, 2.05) is 4.72 Å². The van der Waals surface area contributed by atoms with Gasteiger partial charge in [-0.15, -0.1) is 0 Å². The molecule has 1 aromatic heterocycles. The van der Waals surface area contributed by atoms with Crippen molar-refractivity contribution in [1.82, 2.24) is 15.0 Å². The number of hydrogen-bond acceptors (Lipinski definition) is 5. The summed E-state index contributed by atoms with van der Waals surface area (Å²) >= 11 is 0. The second-order valence-electron chi connectivity index (χ2n) is 4.02. The maximum atomic E-state index is 12.2. The molecule has 0 radical (unpaired) electrons. The minimum absolute atomic E-state index is 0.0893. The molecule has 2 rings (SSSR count). The van der Waals surface area contributed by atoms with Gasteiger partial charge in [0.05, 0.1) is 5.52 Å². The number of anilines is 1. The van der Waals surface area contributed by atoms with Gasteiger partial charge in [-0.3, -0.25) is 4.98 Å². The molecule has 0 atom stereocenters. The highest BCUT2D eigenvalue weighted by Gasteiger charge is 2.21. The number of nitrogens with zero attached hydrogens (tertiary/aromatic N) is 1. The van der Waals surface area contributed by atoms with Crippen LogP contribution in [0.2, 0.25) is 0 Å². The van der Waals surface area contributed by atoms with Crippen LogP contribution in [0.25, 0.3) is 10.9 Å². The summed E-state index contributed by atoms with van der Waals surface area (Å²) in [4.78, 5) is 15.3. The molecule has 8 heteroatoms. The predicted octanol–water partition coefficient (Wildman–Crippen LogP) is 0.825. The van der Waals surface area contributed by atoms with Crippen LogP contribution in [-0.4, -0.2) is 26.0 Å². The van der Waals surface area contributed by atoms with E-state index in [-0.39, 0.29) is 10.4 Å². The lowest BCUT2D eigenvalue weighted by atomic mass is 10.2. The van der Waals surface area contributed by atoms with Gasteiger partial charge in [-0.25, -0.2) is 17.9 Å². The lowest BCUT2D eigenvalue weighted by molar-refractivity contribution is 0.246. The number of aromatic nitrogens is 1. The number of hydrogen-bond donors (Lipinski definition) is 3. The highest BCUT2D eigenvalue weighted by molar-refractivity contribution is 7.90. The zero-order valence-electron chi connectivity index (χ0n) is 10.8. The number of pyridine rings is 1. The quantitative estimate of drug-likeness (QED) is 0.725. The minimum Gasteiger partial charge on any atom is -0.398 e. The monoisotopic (exact) mass is 294 g/mol. The molecule has 2 aromatic rings. The predicted molar refractivity (Wildman–Crippen MR) is 75.5 cm³/mol. The molecule has 0 fully saturated rings. The molecule has 106 valence electrons. The van der Waals surface area contributed by atoms with Crippen molar-refractivity contribution in [1.29, 1.82) is 0 Å². The van der Waals surface area contributed by atoms with Crippen molar-refractivity contribution in [2.24, 2.45) is 0 Å². The van der Waals surface area contributed by atoms with E-state index in [2.05, 4.69) is 10.3 Å². The van der Waals surface area contributed by atoms with Gasteiger partial charge in [0.2, 0.25) is 0 Å². The number of sulfonamides is 1. The third-order valence-electron chi connectivity index (χ3n) is 2.62. The maximum Gasteiger partial charge on any atom is 0.328 e. The van der Waals surface area contributed by atoms with Crippen molar-refractivity contribution >= 4 is 32.6 Å². The van der Waals surface area contributed by atoms with E-state index >= 15 is 0 Å². The lowest BCUT2D eigenvalue weighted by Gasteiger charge is -2.10. The summed E-state index contributed by atoms with van der Waals surface area (Å²) in [6.45, 7) is 2.01. The van der Waals surface area contributed by atoms with Crippen LogP contribution in [0.3, 0.4) is 0 Å². The first kappa shape index (κ1) is 14.1. The molecule has 7 nitrogen and oxygen atoms in total. The summed E-state index contributed by atoms with van der Waals surface area (Å²) in [6, 6.07) is 5.34. The first-order valence-electron chi connectivity index (χ1n) is 5.89. The fraction of sp³-hybridized carbons (Fsp3) is 0.167. The van der Waals surface area contributed by atoms with Gasteiger partial charge in [-0.1, -0.05) is 0 Å². The standard InChI is InChI=1S/C12H14N4O3S/c1-2-14-12(17)16-20(18,19)10-6-5-9(13)8-4-3-7-15-11(8)10/h3-7H,2,13H2,1H3,(H2,14,16,17). The van der Waals surface area contributed by atoms with Crippen molar-refractivity contribution in [2.45, 2.75) is 11.8 Å². The van der Waals surface area contributed by atoms with Gasteiger partial charge in [0.1, 0.15) is 4.90 Å². The Hall–Kier alpha value is -2.35. The zero-order valence-corrected chi connectivity index (χ0v) is 11.6. The van der Waals surface area contributed by atoms with E-state index in [0.29, 0.717) is 17.6 Å². The summed E-state index contributed by atoms with van der Waals surface area (Å²) in [5, 5.41) is 2.88. The Morgan fingerprint density at radius 3 is 2.80 bits per heavy atom. The van der Waals surface area contributed by atoms with E-state index in [1.165, 1.54) is 18.3 Å². The topological polar surface area (TPSA) is 114 Å². The van der Waals surface area contributed by atoms with Crippen LogP contribution < -0.4 is 15.8 Å². The van der Waals surface area contributed by atoms with Crippen LogP contribution >= 0.6 is 0 Å². The summed E-state index contributed by atoms with van der Waals surface area (Å²) in [5.74, 6) is 0. The summed E-state index contributed by atoms with van der Waals surface area (Å²) in [7, 11) is -4.01. The molecule has 0 aliphatic carbocycles. The molecule has 4 N–H and O–H groups in total. The molecule has 20 heavy (non-hydrogen) atoms. The number of carbonyl (C=O) groups is 1. The first-order chi connectivity index (χ1) is 9.45. The van der Waals surface area contributed by atoms with Crippen molar-refractivity contribution in [3.8, 4) is 0 Å². The van der Waals surface area contributed by atoms with E-state index in [4.69, 9.17) is 5.73 Å². The van der Waals surface area contributed by atoms with Crippen molar-refractivity contribution in [3.63, 3.8) is 0 Å². The first-order valence-corrected chi connectivity index (χ1v) is 7.38. The summed E-state index contributed by atoms with van der Waals surface area (Å²) < 4.78 is 26.3. The van der Waals surface area contributed by atoms with Gasteiger partial charge in [0.15, 0.2) is 0 Å². The molecule has 0 saturated carbocycles. The number of nitrogens with two attached hydrogens (primary N) is 1. The molecule has 1 heterocycles. The molecule has 2 amide bonds. The summed E-state index contributed by atoms with van der Waals surface area (Å²) in [5.41, 5.74) is 6.43. The van der Waals surface area contributed by atoms with Crippen molar-refractivity contribution < 1.29 is 13.2 Å². The van der Waals surface area contributed by atoms with Gasteiger partial charge in [0, 0.05) is 23.8 Å². The van der Waals surface area contributed by atoms with Crippen LogP contribution in [0.4, 0.5) is 10.5 Å². The smallest absolute Gasteiger partial charge is 0.328 e. The van der Waals surface area contributed by atoms with Gasteiger partial charge in [-0.05, 0) is 31.2 Å². The molecule has 0 unspecified atom stereocenters. The van der Waals surface area contributed by atoms with Crippen LogP contribution in [0, 0.1) is 0 Å². The SMILES string of the molecule is CCNC(=O)NS(=O)(=O)c1ccc(N)c2cccnc12. The number of carbonyl (C=O) groups excluding carboxylic acids is 1. The fourth-order valence-corrected chi connectivity index (χ4v) is 2.85. The van der Waals surface area contributed by atoms with Gasteiger partial charge < -0.3 is 11.1 Å². The second kappa shape index (κ2) is 5.33. The molecule has 0 spiro atoms. The fourth-order valence-electron chi connectivity index (χ4n) is 1.76. The number of rotatable bonds is 3. The normalized spacial score (nSPS) is 11.2. The Morgan fingerprint density at radius 1 is 1.35 bits per heavy atom. The average Bonchev–Trinajstić information content (AvgIpc) is 2.38. The molecule has 1 aromatic carbocycles. The van der Waals surface area contributed by atoms with Gasteiger partial charge >= 0.3 is 6.03 Å². The number of nitrogen functional groups attached to an aromatic ring is 1. The van der Waals surface area contributed by atoms with E-state index < -0.39 is 16.1 Å². The third kappa shape index (κ3) is 2.64. The van der Waals surface area contributed by atoms with Gasteiger partial charge in [-0.2, -0.15) is 0 Å². The van der Waals surface area contributed by atoms with E-state index in [1.54, 1.807) is 19.1 Å². The Morgan fingerprint density at radius 2 is 2.10 bits per heavy atom. The molecule has 0 aliphatic rings. The van der Waals surface area contributed by atoms with E-state index in [9.17, 15) is 13.2 Å². The third-order valence-corrected chi connectivity index (χ3v) is 3.98. The molecular formula is C12H14N4O3S. The Bertz CT molecular complexity index is 758. The Labute approximate surface area is 116 Å². The molecular weight excluding hydrogens is 280 g/mol. The maximum absolute atomic E-state index is 12.2. The Kier molecular flexibility index (Phi) is 3.75.